The van der Waals surface area contributed by atoms with E-state index in [1.807, 2.05) is 6.07 Å². The number of benzene rings is 9. The summed E-state index contributed by atoms with van der Waals surface area (Å²) >= 11 is 0. The third kappa shape index (κ3) is 4.56. The van der Waals surface area contributed by atoms with E-state index in [-0.39, 0.29) is 0 Å². The van der Waals surface area contributed by atoms with E-state index in [2.05, 4.69) is 211 Å². The van der Waals surface area contributed by atoms with Gasteiger partial charge in [-0.3, -0.25) is 0 Å². The minimum atomic E-state index is -0.493. The Hall–Kier alpha value is -7.62. The fourth-order valence-corrected chi connectivity index (χ4v) is 9.85. The van der Waals surface area contributed by atoms with E-state index < -0.39 is 5.41 Å². The van der Waals surface area contributed by atoms with Crippen molar-refractivity contribution in [2.75, 3.05) is 4.90 Å². The Balaban J connectivity index is 1.10. The minimum Gasteiger partial charge on any atom is -0.449 e. The fourth-order valence-electron chi connectivity index (χ4n) is 9.85. The lowest BCUT2D eigenvalue weighted by atomic mass is 9.70. The van der Waals surface area contributed by atoms with Gasteiger partial charge in [0.2, 0.25) is 0 Å². The largest absolute Gasteiger partial charge is 0.449 e. The molecule has 0 unspecified atom stereocenters. The molecule has 0 saturated carbocycles. The molecule has 0 N–H and O–H groups in total. The molecule has 1 spiro atoms. The highest BCUT2D eigenvalue weighted by atomic mass is 16.6. The summed E-state index contributed by atoms with van der Waals surface area (Å²) in [5.41, 5.74) is 16.7. The van der Waals surface area contributed by atoms with Crippen LogP contribution in [0.3, 0.4) is 0 Å². The van der Waals surface area contributed by atoms with Crippen molar-refractivity contribution in [3.05, 3.63) is 235 Å². The van der Waals surface area contributed by atoms with Crippen LogP contribution < -0.4 is 14.4 Å². The predicted molar refractivity (Wildman–Crippen MR) is 235 cm³/mol. The molecule has 58 heavy (non-hydrogen) atoms. The average Bonchev–Trinajstić information content (AvgIpc) is 3.77. The van der Waals surface area contributed by atoms with Gasteiger partial charge in [0.05, 0.1) is 22.5 Å². The molecule has 3 nitrogen and oxygen atoms in total. The van der Waals surface area contributed by atoms with E-state index in [0.29, 0.717) is 17.2 Å². The SMILES string of the molecule is c1ccc(-c2ccccc2N(c2ccccc2-c2ccccc2)c2cccc3c2Oc2c(ccc4c2-c2ccccc2C42c4ccccc4-c4ccccc42)O3)cc1. The zero-order chi connectivity index (χ0) is 38.2. The summed E-state index contributed by atoms with van der Waals surface area (Å²) < 4.78 is 14.4. The first-order valence-electron chi connectivity index (χ1n) is 19.9. The lowest BCUT2D eigenvalue weighted by molar-refractivity contribution is 0.361. The fraction of sp³-hybridized carbons (Fsp3) is 0.0182. The van der Waals surface area contributed by atoms with Crippen LogP contribution in [0.1, 0.15) is 22.3 Å². The standard InChI is InChI=1S/C55H35NO2/c1-3-18-36(19-4-1)38-22-10-15-30-47(38)56(48-31-16-11-23-39(48)37-20-5-2-6-21-37)49-32-17-33-50-53(49)58-54-51(57-50)35-34-46-52(54)42-26-9-14-29-45(42)55(46)43-27-12-7-24-40(43)41-25-8-13-28-44(41)55/h1-35H. The van der Waals surface area contributed by atoms with Crippen molar-refractivity contribution >= 4 is 17.1 Å². The normalized spacial score (nSPS) is 13.2. The van der Waals surface area contributed by atoms with E-state index in [1.165, 1.54) is 33.4 Å². The molecule has 2 aliphatic carbocycles. The molecule has 1 aliphatic heterocycles. The molecule has 9 aromatic carbocycles. The maximum absolute atomic E-state index is 7.44. The van der Waals surface area contributed by atoms with Gasteiger partial charge in [0, 0.05) is 16.7 Å². The molecule has 0 saturated heterocycles. The topological polar surface area (TPSA) is 21.7 Å². The molecule has 12 rings (SSSR count). The van der Waals surface area contributed by atoms with Gasteiger partial charge in [-0.1, -0.05) is 182 Å². The highest BCUT2D eigenvalue weighted by Gasteiger charge is 2.53. The molecular formula is C55H35NO2. The second-order valence-electron chi connectivity index (χ2n) is 15.1. The molecule has 9 aromatic rings. The summed E-state index contributed by atoms with van der Waals surface area (Å²) in [6.07, 6.45) is 0. The van der Waals surface area contributed by atoms with Crippen molar-refractivity contribution in [2.24, 2.45) is 0 Å². The van der Waals surface area contributed by atoms with Crippen molar-refractivity contribution in [1.82, 2.24) is 0 Å². The second-order valence-corrected chi connectivity index (χ2v) is 15.1. The van der Waals surface area contributed by atoms with Crippen LogP contribution in [-0.4, -0.2) is 0 Å². The molecule has 0 bridgehead atoms. The Labute approximate surface area is 337 Å². The Kier molecular flexibility index (Phi) is 7.14. The molecule has 0 aromatic heterocycles. The van der Waals surface area contributed by atoms with Crippen LogP contribution in [0.5, 0.6) is 23.0 Å². The number of hydrogen-bond acceptors (Lipinski definition) is 3. The summed E-state index contributed by atoms with van der Waals surface area (Å²) in [5.74, 6) is 2.77. The lowest BCUT2D eigenvalue weighted by Gasteiger charge is -2.33. The van der Waals surface area contributed by atoms with Gasteiger partial charge in [-0.05, 0) is 80.4 Å². The first-order valence-corrected chi connectivity index (χ1v) is 19.9. The summed E-state index contributed by atoms with van der Waals surface area (Å²) in [7, 11) is 0. The van der Waals surface area contributed by atoms with E-state index >= 15 is 0 Å². The lowest BCUT2D eigenvalue weighted by Crippen LogP contribution is -2.25. The van der Waals surface area contributed by atoms with E-state index in [0.717, 1.165) is 56.2 Å². The molecule has 3 aliphatic rings. The number of hydrogen-bond donors (Lipinski definition) is 0. The zero-order valence-corrected chi connectivity index (χ0v) is 31.5. The number of fused-ring (bicyclic) bond motifs is 13. The van der Waals surface area contributed by atoms with E-state index in [1.54, 1.807) is 0 Å². The van der Waals surface area contributed by atoms with Gasteiger partial charge < -0.3 is 14.4 Å². The Morgan fingerprint density at radius 1 is 0.293 bits per heavy atom. The number of ether oxygens (including phenoxy) is 2. The number of rotatable bonds is 5. The maximum atomic E-state index is 7.44. The van der Waals surface area contributed by atoms with E-state index in [4.69, 9.17) is 9.47 Å². The summed E-state index contributed by atoms with van der Waals surface area (Å²) in [6, 6.07) is 75.7. The van der Waals surface area contributed by atoms with Gasteiger partial charge >= 0.3 is 0 Å². The average molecular weight is 742 g/mol. The molecule has 0 atom stereocenters. The van der Waals surface area contributed by atoms with Crippen LogP contribution in [-0.2, 0) is 5.41 Å². The molecule has 0 amide bonds. The van der Waals surface area contributed by atoms with Crippen LogP contribution >= 0.6 is 0 Å². The smallest absolute Gasteiger partial charge is 0.194 e. The third-order valence-corrected chi connectivity index (χ3v) is 12.2. The van der Waals surface area contributed by atoms with Gasteiger partial charge in [0.15, 0.2) is 23.0 Å². The van der Waals surface area contributed by atoms with Crippen molar-refractivity contribution in [2.45, 2.75) is 5.41 Å². The summed E-state index contributed by atoms with van der Waals surface area (Å²) in [6.45, 7) is 0. The Bertz CT molecular complexity index is 2950. The van der Waals surface area contributed by atoms with Gasteiger partial charge in [0.25, 0.3) is 0 Å². The minimum absolute atomic E-state index is 0.493. The molecule has 3 heteroatoms. The molecule has 272 valence electrons. The predicted octanol–water partition coefficient (Wildman–Crippen LogP) is 14.7. The maximum Gasteiger partial charge on any atom is 0.194 e. The van der Waals surface area contributed by atoms with Crippen LogP contribution in [0.25, 0.3) is 44.5 Å². The van der Waals surface area contributed by atoms with Crippen molar-refractivity contribution in [3.63, 3.8) is 0 Å². The number of para-hydroxylation sites is 3. The van der Waals surface area contributed by atoms with Gasteiger partial charge in [-0.2, -0.15) is 0 Å². The second kappa shape index (κ2) is 12.7. The van der Waals surface area contributed by atoms with Gasteiger partial charge in [0.1, 0.15) is 0 Å². The molecule has 1 heterocycles. The third-order valence-electron chi connectivity index (χ3n) is 12.2. The van der Waals surface area contributed by atoms with Gasteiger partial charge in [-0.25, -0.2) is 0 Å². The van der Waals surface area contributed by atoms with Gasteiger partial charge in [-0.15, -0.1) is 0 Å². The van der Waals surface area contributed by atoms with Crippen LogP contribution in [0, 0.1) is 0 Å². The summed E-state index contributed by atoms with van der Waals surface area (Å²) in [4.78, 5) is 2.35. The Morgan fingerprint density at radius 3 is 1.33 bits per heavy atom. The molecule has 0 radical (unpaired) electrons. The Morgan fingerprint density at radius 2 is 0.741 bits per heavy atom. The van der Waals surface area contributed by atoms with E-state index in [9.17, 15) is 0 Å². The monoisotopic (exact) mass is 741 g/mol. The molecular weight excluding hydrogens is 707 g/mol. The van der Waals surface area contributed by atoms with Crippen LogP contribution in [0.4, 0.5) is 17.1 Å². The summed E-state index contributed by atoms with van der Waals surface area (Å²) in [5, 5.41) is 0. The first-order chi connectivity index (χ1) is 28.8. The number of anilines is 3. The first kappa shape index (κ1) is 32.6. The highest BCUT2D eigenvalue weighted by Crippen LogP contribution is 2.67. The number of nitrogens with zero attached hydrogens (tertiary/aromatic N) is 1. The zero-order valence-electron chi connectivity index (χ0n) is 31.5. The van der Waals surface area contributed by atoms with Crippen molar-refractivity contribution in [3.8, 4) is 67.5 Å². The van der Waals surface area contributed by atoms with Crippen LogP contribution in [0.2, 0.25) is 0 Å². The quantitative estimate of drug-likeness (QED) is 0.175. The van der Waals surface area contributed by atoms with Crippen molar-refractivity contribution < 1.29 is 9.47 Å². The highest BCUT2D eigenvalue weighted by molar-refractivity contribution is 5.99. The van der Waals surface area contributed by atoms with Crippen molar-refractivity contribution in [1.29, 1.82) is 0 Å². The molecule has 0 fully saturated rings. The van der Waals surface area contributed by atoms with Crippen LogP contribution in [0.15, 0.2) is 212 Å².